The lowest BCUT2D eigenvalue weighted by Crippen LogP contribution is -2.15. The molecule has 1 N–H and O–H groups in total. The molecule has 0 radical (unpaired) electrons. The maximum atomic E-state index is 12.6. The third kappa shape index (κ3) is 5.38. The van der Waals surface area contributed by atoms with Gasteiger partial charge < -0.3 is 14.6 Å². The molecule has 3 rings (SSSR count). The van der Waals surface area contributed by atoms with Crippen molar-refractivity contribution in [1.82, 2.24) is 10.1 Å². The van der Waals surface area contributed by atoms with Crippen LogP contribution in [0.4, 0.5) is 5.69 Å². The van der Waals surface area contributed by atoms with Crippen molar-refractivity contribution in [3.63, 3.8) is 0 Å². The van der Waals surface area contributed by atoms with Gasteiger partial charge in [0, 0.05) is 10.8 Å². The van der Waals surface area contributed by atoms with Gasteiger partial charge in [-0.05, 0) is 49.7 Å². The van der Waals surface area contributed by atoms with Crippen molar-refractivity contribution in [3.8, 4) is 17.2 Å². The fourth-order valence-corrected chi connectivity index (χ4v) is 3.41. The van der Waals surface area contributed by atoms with Crippen molar-refractivity contribution in [2.75, 3.05) is 17.7 Å². The van der Waals surface area contributed by atoms with Crippen LogP contribution in [0.2, 0.25) is 0 Å². The van der Waals surface area contributed by atoms with Gasteiger partial charge in [-0.15, -0.1) is 11.8 Å². The standard InChI is InChI=1S/C22H25N3O3S/c1-5-27-16-9-11-17(12-10-16)29-13-19(26)23-20-15(4)7-6-8-18(20)22-24-21(14(2)3)25-28-22/h6-12,14H,5,13H2,1-4H3,(H,23,26). The number of aryl methyl sites for hydroxylation is 1. The predicted molar refractivity (Wildman–Crippen MR) is 116 cm³/mol. The fourth-order valence-electron chi connectivity index (χ4n) is 2.71. The highest BCUT2D eigenvalue weighted by Gasteiger charge is 2.17. The van der Waals surface area contributed by atoms with Gasteiger partial charge in [0.15, 0.2) is 5.82 Å². The van der Waals surface area contributed by atoms with Gasteiger partial charge in [0.2, 0.25) is 5.91 Å². The van der Waals surface area contributed by atoms with Crippen LogP contribution in [0, 0.1) is 6.92 Å². The van der Waals surface area contributed by atoms with Gasteiger partial charge in [-0.25, -0.2) is 0 Å². The second kappa shape index (κ2) is 9.60. The molecule has 1 heterocycles. The molecule has 0 bridgehead atoms. The smallest absolute Gasteiger partial charge is 0.260 e. The third-order valence-electron chi connectivity index (χ3n) is 4.23. The summed E-state index contributed by atoms with van der Waals surface area (Å²) in [6, 6.07) is 13.4. The Bertz CT molecular complexity index is 968. The monoisotopic (exact) mass is 411 g/mol. The van der Waals surface area contributed by atoms with E-state index in [2.05, 4.69) is 15.5 Å². The molecule has 0 saturated carbocycles. The molecule has 0 aliphatic heterocycles. The molecule has 0 unspecified atom stereocenters. The molecule has 0 aliphatic carbocycles. The second-order valence-electron chi connectivity index (χ2n) is 6.85. The van der Waals surface area contributed by atoms with Gasteiger partial charge in [-0.3, -0.25) is 4.79 Å². The van der Waals surface area contributed by atoms with Crippen molar-refractivity contribution in [3.05, 3.63) is 53.9 Å². The quantitative estimate of drug-likeness (QED) is 0.507. The topological polar surface area (TPSA) is 77.2 Å². The number of amides is 1. The van der Waals surface area contributed by atoms with Crippen LogP contribution < -0.4 is 10.1 Å². The zero-order chi connectivity index (χ0) is 20.8. The minimum atomic E-state index is -0.0944. The van der Waals surface area contributed by atoms with E-state index in [0.29, 0.717) is 29.8 Å². The van der Waals surface area contributed by atoms with Gasteiger partial charge in [0.25, 0.3) is 5.89 Å². The molecule has 1 amide bonds. The lowest BCUT2D eigenvalue weighted by Gasteiger charge is -2.12. The lowest BCUT2D eigenvalue weighted by atomic mass is 10.1. The number of benzene rings is 2. The number of nitrogens with one attached hydrogen (secondary N) is 1. The molecule has 0 atom stereocenters. The summed E-state index contributed by atoms with van der Waals surface area (Å²) in [5, 5.41) is 7.03. The molecule has 0 aliphatic rings. The van der Waals surface area contributed by atoms with Crippen LogP contribution in [-0.2, 0) is 4.79 Å². The van der Waals surface area contributed by atoms with Crippen LogP contribution in [0.5, 0.6) is 5.75 Å². The van der Waals surface area contributed by atoms with E-state index >= 15 is 0 Å². The number of anilines is 1. The van der Waals surface area contributed by atoms with Crippen LogP contribution in [0.25, 0.3) is 11.5 Å². The number of hydrogen-bond acceptors (Lipinski definition) is 6. The zero-order valence-corrected chi connectivity index (χ0v) is 17.9. The summed E-state index contributed by atoms with van der Waals surface area (Å²) >= 11 is 1.47. The van der Waals surface area contributed by atoms with E-state index in [4.69, 9.17) is 9.26 Å². The molecule has 0 spiro atoms. The average molecular weight is 412 g/mol. The summed E-state index contributed by atoms with van der Waals surface area (Å²) in [5.74, 6) is 2.25. The van der Waals surface area contributed by atoms with E-state index in [9.17, 15) is 4.79 Å². The van der Waals surface area contributed by atoms with E-state index < -0.39 is 0 Å². The predicted octanol–water partition coefficient (Wildman–Crippen LogP) is 5.30. The Morgan fingerprint density at radius 1 is 1.21 bits per heavy atom. The van der Waals surface area contributed by atoms with Gasteiger partial charge in [0.1, 0.15) is 5.75 Å². The molecule has 0 saturated heterocycles. The van der Waals surface area contributed by atoms with Crippen molar-refractivity contribution in [1.29, 1.82) is 0 Å². The molecule has 6 nitrogen and oxygen atoms in total. The first-order valence-electron chi connectivity index (χ1n) is 9.57. The van der Waals surface area contributed by atoms with E-state index in [1.165, 1.54) is 11.8 Å². The lowest BCUT2D eigenvalue weighted by molar-refractivity contribution is -0.113. The number of rotatable bonds is 8. The van der Waals surface area contributed by atoms with E-state index in [0.717, 1.165) is 21.8 Å². The molecule has 29 heavy (non-hydrogen) atoms. The highest BCUT2D eigenvalue weighted by molar-refractivity contribution is 8.00. The van der Waals surface area contributed by atoms with Gasteiger partial charge in [0.05, 0.1) is 23.6 Å². The van der Waals surface area contributed by atoms with Crippen LogP contribution in [0.1, 0.15) is 38.1 Å². The number of carbonyl (C=O) groups is 1. The first-order chi connectivity index (χ1) is 14.0. The molecule has 3 aromatic rings. The second-order valence-corrected chi connectivity index (χ2v) is 7.90. The molecule has 2 aromatic carbocycles. The number of ether oxygens (including phenoxy) is 1. The summed E-state index contributed by atoms with van der Waals surface area (Å²) in [6.45, 7) is 8.53. The number of nitrogens with zero attached hydrogens (tertiary/aromatic N) is 2. The maximum Gasteiger partial charge on any atom is 0.260 e. The van der Waals surface area contributed by atoms with Crippen molar-refractivity contribution >= 4 is 23.4 Å². The highest BCUT2D eigenvalue weighted by Crippen LogP contribution is 2.31. The minimum Gasteiger partial charge on any atom is -0.494 e. The maximum absolute atomic E-state index is 12.6. The molecule has 1 aromatic heterocycles. The SMILES string of the molecule is CCOc1ccc(SCC(=O)Nc2c(C)cccc2-c2nc(C(C)C)no2)cc1. The molecule has 152 valence electrons. The Morgan fingerprint density at radius 3 is 2.62 bits per heavy atom. The molecule has 7 heteroatoms. The van der Waals surface area contributed by atoms with Gasteiger partial charge in [-0.2, -0.15) is 4.98 Å². The fraction of sp³-hybridized carbons (Fsp3) is 0.318. The van der Waals surface area contributed by atoms with Gasteiger partial charge in [-0.1, -0.05) is 31.1 Å². The molecular weight excluding hydrogens is 386 g/mol. The van der Waals surface area contributed by atoms with Crippen molar-refractivity contribution in [2.24, 2.45) is 0 Å². The van der Waals surface area contributed by atoms with Crippen molar-refractivity contribution in [2.45, 2.75) is 38.5 Å². The summed E-state index contributed by atoms with van der Waals surface area (Å²) in [7, 11) is 0. The van der Waals surface area contributed by atoms with E-state index in [1.807, 2.05) is 70.2 Å². The Balaban J connectivity index is 1.69. The van der Waals surface area contributed by atoms with Crippen LogP contribution in [0.15, 0.2) is 51.9 Å². The van der Waals surface area contributed by atoms with Crippen molar-refractivity contribution < 1.29 is 14.1 Å². The summed E-state index contributed by atoms with van der Waals surface area (Å²) in [6.07, 6.45) is 0. The van der Waals surface area contributed by atoms with Crippen LogP contribution >= 0.6 is 11.8 Å². The third-order valence-corrected chi connectivity index (χ3v) is 5.24. The highest BCUT2D eigenvalue weighted by atomic mass is 32.2. The Labute approximate surface area is 175 Å². The van der Waals surface area contributed by atoms with Gasteiger partial charge >= 0.3 is 0 Å². The Kier molecular flexibility index (Phi) is 6.93. The Hall–Kier alpha value is -2.80. The zero-order valence-electron chi connectivity index (χ0n) is 17.1. The Morgan fingerprint density at radius 2 is 1.97 bits per heavy atom. The number of hydrogen-bond donors (Lipinski definition) is 1. The summed E-state index contributed by atoms with van der Waals surface area (Å²) < 4.78 is 10.9. The molecule has 0 fully saturated rings. The largest absolute Gasteiger partial charge is 0.494 e. The first-order valence-corrected chi connectivity index (χ1v) is 10.6. The van der Waals surface area contributed by atoms with E-state index in [1.54, 1.807) is 0 Å². The summed E-state index contributed by atoms with van der Waals surface area (Å²) in [5.41, 5.74) is 2.36. The number of para-hydroxylation sites is 1. The first kappa shape index (κ1) is 20.9. The number of carbonyl (C=O) groups excluding carboxylic acids is 1. The normalized spacial score (nSPS) is 10.9. The van der Waals surface area contributed by atoms with E-state index in [-0.39, 0.29) is 11.8 Å². The number of aromatic nitrogens is 2. The van der Waals surface area contributed by atoms with Crippen LogP contribution in [-0.4, -0.2) is 28.4 Å². The number of thioether (sulfide) groups is 1. The summed E-state index contributed by atoms with van der Waals surface area (Å²) in [4.78, 5) is 18.0. The van der Waals surface area contributed by atoms with Crippen LogP contribution in [0.3, 0.4) is 0 Å². The average Bonchev–Trinajstić information content (AvgIpc) is 3.20. The molecular formula is C22H25N3O3S. The minimum absolute atomic E-state index is 0.0944.